The van der Waals surface area contributed by atoms with Gasteiger partial charge in [-0.05, 0) is 12.0 Å². The molecule has 5 heteroatoms. The van der Waals surface area contributed by atoms with Crippen molar-refractivity contribution in [2.45, 2.75) is 19.1 Å². The van der Waals surface area contributed by atoms with E-state index >= 15 is 0 Å². The molecule has 1 aromatic carbocycles. The molecule has 0 unspecified atom stereocenters. The Balaban J connectivity index is 2.15. The highest BCUT2D eigenvalue weighted by atomic mass is 32.2. The van der Waals surface area contributed by atoms with Crippen molar-refractivity contribution in [3.8, 4) is 0 Å². The van der Waals surface area contributed by atoms with E-state index in [0.717, 1.165) is 12.2 Å². The molecule has 0 aliphatic carbocycles. The molecule has 0 saturated carbocycles. The van der Waals surface area contributed by atoms with Crippen LogP contribution in [0, 0.1) is 0 Å². The number of carbonyl (C=O) groups excluding carboxylic acids is 2. The molecule has 0 aromatic heterocycles. The van der Waals surface area contributed by atoms with E-state index in [1.165, 1.54) is 17.3 Å². The fourth-order valence-corrected chi connectivity index (χ4v) is 2.07. The number of imide groups is 1. The first-order chi connectivity index (χ1) is 8.72. The summed E-state index contributed by atoms with van der Waals surface area (Å²) in [6.07, 6.45) is 0.852. The molecule has 0 heterocycles. The van der Waals surface area contributed by atoms with Gasteiger partial charge in [-0.2, -0.15) is 0 Å². The van der Waals surface area contributed by atoms with Crippen LogP contribution in [0.15, 0.2) is 30.3 Å². The molecule has 0 saturated heterocycles. The molecule has 0 atom stereocenters. The van der Waals surface area contributed by atoms with Gasteiger partial charge in [-0.3, -0.25) is 10.1 Å². The van der Waals surface area contributed by atoms with Crippen molar-refractivity contribution < 1.29 is 9.59 Å². The van der Waals surface area contributed by atoms with Gasteiger partial charge in [0.05, 0.1) is 5.75 Å². The van der Waals surface area contributed by atoms with Crippen LogP contribution in [-0.4, -0.2) is 24.2 Å². The zero-order valence-corrected chi connectivity index (χ0v) is 11.3. The van der Waals surface area contributed by atoms with Crippen LogP contribution in [0.25, 0.3) is 0 Å². The summed E-state index contributed by atoms with van der Waals surface area (Å²) in [5.41, 5.74) is 1.17. The lowest BCUT2D eigenvalue weighted by molar-refractivity contribution is -0.117. The first-order valence-electron chi connectivity index (χ1n) is 5.91. The van der Waals surface area contributed by atoms with Crippen LogP contribution in [-0.2, 0) is 10.5 Å². The Labute approximate surface area is 112 Å². The third-order valence-electron chi connectivity index (χ3n) is 2.13. The number of rotatable bonds is 6. The number of hydrogen-bond donors (Lipinski definition) is 2. The van der Waals surface area contributed by atoms with Crippen molar-refractivity contribution >= 4 is 23.7 Å². The lowest BCUT2D eigenvalue weighted by atomic mass is 10.2. The van der Waals surface area contributed by atoms with Gasteiger partial charge in [-0.15, -0.1) is 11.8 Å². The minimum absolute atomic E-state index is 0.260. The minimum Gasteiger partial charge on any atom is -0.338 e. The molecule has 0 aliphatic heterocycles. The van der Waals surface area contributed by atoms with Crippen LogP contribution in [0.1, 0.15) is 18.9 Å². The lowest BCUT2D eigenvalue weighted by Gasteiger charge is -2.05. The van der Waals surface area contributed by atoms with Crippen LogP contribution in [0.5, 0.6) is 0 Å². The summed E-state index contributed by atoms with van der Waals surface area (Å²) < 4.78 is 0. The summed E-state index contributed by atoms with van der Waals surface area (Å²) in [5, 5.41) is 4.88. The van der Waals surface area contributed by atoms with E-state index in [2.05, 4.69) is 10.6 Å². The molecule has 0 aliphatic rings. The van der Waals surface area contributed by atoms with Gasteiger partial charge < -0.3 is 5.32 Å². The van der Waals surface area contributed by atoms with Crippen molar-refractivity contribution in [3.05, 3.63) is 35.9 Å². The Morgan fingerprint density at radius 3 is 2.61 bits per heavy atom. The third-order valence-corrected chi connectivity index (χ3v) is 3.14. The molecule has 3 amide bonds. The quantitative estimate of drug-likeness (QED) is 0.829. The van der Waals surface area contributed by atoms with Crippen molar-refractivity contribution in [1.82, 2.24) is 10.6 Å². The first-order valence-corrected chi connectivity index (χ1v) is 7.07. The Morgan fingerprint density at radius 1 is 1.22 bits per heavy atom. The van der Waals surface area contributed by atoms with E-state index in [1.807, 2.05) is 37.3 Å². The average Bonchev–Trinajstić information content (AvgIpc) is 2.37. The van der Waals surface area contributed by atoms with Gasteiger partial charge in [0, 0.05) is 12.3 Å². The van der Waals surface area contributed by atoms with E-state index in [0.29, 0.717) is 6.54 Å². The fourth-order valence-electron chi connectivity index (χ4n) is 1.28. The summed E-state index contributed by atoms with van der Waals surface area (Å²) in [6, 6.07) is 9.50. The number of urea groups is 1. The second-order valence-corrected chi connectivity index (χ2v) is 4.77. The smallest absolute Gasteiger partial charge is 0.321 e. The SMILES string of the molecule is CCCNC(=O)NC(=O)CSCc1ccccc1. The van der Waals surface area contributed by atoms with Gasteiger partial charge in [0.25, 0.3) is 0 Å². The van der Waals surface area contributed by atoms with Crippen molar-refractivity contribution in [1.29, 1.82) is 0 Å². The predicted octanol–water partition coefficient (Wildman–Crippen LogP) is 2.16. The Bertz CT molecular complexity index is 382. The van der Waals surface area contributed by atoms with Gasteiger partial charge in [0.15, 0.2) is 0 Å². The van der Waals surface area contributed by atoms with Crippen molar-refractivity contribution in [2.24, 2.45) is 0 Å². The molecule has 98 valence electrons. The number of amides is 3. The number of carbonyl (C=O) groups is 2. The minimum atomic E-state index is -0.415. The molecule has 1 aromatic rings. The van der Waals surface area contributed by atoms with Crippen LogP contribution in [0.2, 0.25) is 0 Å². The van der Waals surface area contributed by atoms with E-state index in [-0.39, 0.29) is 11.7 Å². The molecule has 2 N–H and O–H groups in total. The zero-order valence-electron chi connectivity index (χ0n) is 10.4. The highest BCUT2D eigenvalue weighted by Gasteiger charge is 2.06. The van der Waals surface area contributed by atoms with Gasteiger partial charge in [-0.1, -0.05) is 37.3 Å². The van der Waals surface area contributed by atoms with Crippen LogP contribution in [0.3, 0.4) is 0 Å². The van der Waals surface area contributed by atoms with Crippen LogP contribution >= 0.6 is 11.8 Å². The zero-order chi connectivity index (χ0) is 13.2. The normalized spacial score (nSPS) is 9.83. The lowest BCUT2D eigenvalue weighted by Crippen LogP contribution is -2.40. The maximum absolute atomic E-state index is 11.4. The van der Waals surface area contributed by atoms with Gasteiger partial charge in [0.2, 0.25) is 5.91 Å². The topological polar surface area (TPSA) is 58.2 Å². The molecule has 18 heavy (non-hydrogen) atoms. The van der Waals surface area contributed by atoms with Gasteiger partial charge in [-0.25, -0.2) is 4.79 Å². The molecule has 1 rings (SSSR count). The van der Waals surface area contributed by atoms with E-state index in [1.54, 1.807) is 0 Å². The second kappa shape index (κ2) is 8.58. The molecule has 0 radical (unpaired) electrons. The largest absolute Gasteiger partial charge is 0.338 e. The Hall–Kier alpha value is -1.49. The van der Waals surface area contributed by atoms with E-state index in [4.69, 9.17) is 0 Å². The molecule has 0 fully saturated rings. The predicted molar refractivity (Wildman–Crippen MR) is 74.4 cm³/mol. The van der Waals surface area contributed by atoms with E-state index < -0.39 is 6.03 Å². The summed E-state index contributed by atoms with van der Waals surface area (Å²) in [6.45, 7) is 2.54. The molecule has 4 nitrogen and oxygen atoms in total. The maximum atomic E-state index is 11.4. The summed E-state index contributed by atoms with van der Waals surface area (Å²) in [5.74, 6) is 0.795. The average molecular weight is 266 g/mol. The summed E-state index contributed by atoms with van der Waals surface area (Å²) in [4.78, 5) is 22.6. The van der Waals surface area contributed by atoms with Gasteiger partial charge >= 0.3 is 6.03 Å². The first kappa shape index (κ1) is 14.6. The molecule has 0 spiro atoms. The van der Waals surface area contributed by atoms with Crippen LogP contribution < -0.4 is 10.6 Å². The Morgan fingerprint density at radius 2 is 1.94 bits per heavy atom. The number of nitrogens with one attached hydrogen (secondary N) is 2. The van der Waals surface area contributed by atoms with Crippen LogP contribution in [0.4, 0.5) is 4.79 Å². The van der Waals surface area contributed by atoms with Crippen molar-refractivity contribution in [3.63, 3.8) is 0 Å². The Kier molecular flexibility index (Phi) is 6.94. The maximum Gasteiger partial charge on any atom is 0.321 e. The molecular weight excluding hydrogens is 248 g/mol. The summed E-state index contributed by atoms with van der Waals surface area (Å²) in [7, 11) is 0. The second-order valence-electron chi connectivity index (χ2n) is 3.78. The fraction of sp³-hybridized carbons (Fsp3) is 0.385. The number of thioether (sulfide) groups is 1. The third kappa shape index (κ3) is 6.30. The highest BCUT2D eigenvalue weighted by Crippen LogP contribution is 2.10. The standard InChI is InChI=1S/C13H18N2O2S/c1-2-8-14-13(17)15-12(16)10-18-9-11-6-4-3-5-7-11/h3-7H,2,8-10H2,1H3,(H2,14,15,16,17). The number of hydrogen-bond acceptors (Lipinski definition) is 3. The number of benzene rings is 1. The highest BCUT2D eigenvalue weighted by molar-refractivity contribution is 7.99. The molecule has 0 bridgehead atoms. The van der Waals surface area contributed by atoms with Crippen molar-refractivity contribution in [2.75, 3.05) is 12.3 Å². The summed E-state index contributed by atoms with van der Waals surface area (Å²) >= 11 is 1.49. The molecular formula is C13H18N2O2S. The monoisotopic (exact) mass is 266 g/mol. The van der Waals surface area contributed by atoms with Gasteiger partial charge in [0.1, 0.15) is 0 Å². The van der Waals surface area contributed by atoms with E-state index in [9.17, 15) is 9.59 Å².